The number of aryl methyl sites for hydroxylation is 1. The summed E-state index contributed by atoms with van der Waals surface area (Å²) in [6, 6.07) is 11.5. The van der Waals surface area contributed by atoms with Crippen molar-refractivity contribution >= 4 is 12.0 Å². The number of anilines is 1. The highest BCUT2D eigenvalue weighted by atomic mass is 19.4. The molecule has 2 saturated heterocycles. The van der Waals surface area contributed by atoms with E-state index in [1.165, 1.54) is 24.3 Å². The fraction of sp³-hybridized carbons (Fsp3) is 0.419. The van der Waals surface area contributed by atoms with E-state index in [1.54, 1.807) is 25.1 Å². The van der Waals surface area contributed by atoms with E-state index in [0.717, 1.165) is 25.7 Å². The molecule has 7 rings (SSSR count). The van der Waals surface area contributed by atoms with Gasteiger partial charge in [-0.05, 0) is 81.3 Å². The van der Waals surface area contributed by atoms with E-state index >= 15 is 0 Å². The number of aromatic carboxylic acids is 1. The van der Waals surface area contributed by atoms with Crippen LogP contribution in [0.1, 0.15) is 71.7 Å². The molecule has 2 aliphatic heterocycles. The van der Waals surface area contributed by atoms with Crippen LogP contribution in [0.3, 0.4) is 0 Å². The van der Waals surface area contributed by atoms with Crippen molar-refractivity contribution in [3.63, 3.8) is 0 Å². The van der Waals surface area contributed by atoms with Gasteiger partial charge in [-0.3, -0.25) is 0 Å². The Balaban J connectivity index is 1.06. The Morgan fingerprint density at radius 2 is 1.82 bits per heavy atom. The van der Waals surface area contributed by atoms with Crippen molar-refractivity contribution in [1.29, 1.82) is 0 Å². The number of carboxylic acids is 1. The van der Waals surface area contributed by atoms with Gasteiger partial charge in [-0.2, -0.15) is 0 Å². The first-order valence-corrected chi connectivity index (χ1v) is 14.6. The third kappa shape index (κ3) is 5.51. The summed E-state index contributed by atoms with van der Waals surface area (Å²) in [5.41, 5.74) is 2.63. The first kappa shape index (κ1) is 28.4. The van der Waals surface area contributed by atoms with E-state index in [9.17, 15) is 23.1 Å². The van der Waals surface area contributed by atoms with Crippen molar-refractivity contribution in [3.05, 3.63) is 64.9 Å². The summed E-state index contributed by atoms with van der Waals surface area (Å²) >= 11 is 0. The molecule has 3 fully saturated rings. The number of para-hydroxylation sites is 1. The number of halogens is 3. The number of benzene rings is 2. The maximum atomic E-state index is 13.1. The highest BCUT2D eigenvalue weighted by Gasteiger charge is 2.44. The van der Waals surface area contributed by atoms with Gasteiger partial charge in [0.05, 0.1) is 18.3 Å². The molecule has 44 heavy (non-hydrogen) atoms. The van der Waals surface area contributed by atoms with E-state index in [-0.39, 0.29) is 47.6 Å². The molecule has 3 aliphatic rings. The second kappa shape index (κ2) is 11.0. The number of ether oxygens (including phenoxy) is 2. The van der Waals surface area contributed by atoms with Crippen LogP contribution in [0.4, 0.5) is 19.2 Å². The van der Waals surface area contributed by atoms with E-state index in [1.807, 2.05) is 0 Å². The number of hydrogen-bond donors (Lipinski definition) is 1. The van der Waals surface area contributed by atoms with Gasteiger partial charge in [0.25, 0.3) is 0 Å². The summed E-state index contributed by atoms with van der Waals surface area (Å²) in [5.74, 6) is -0.173. The maximum Gasteiger partial charge on any atom is 0.573 e. The predicted octanol–water partition coefficient (Wildman–Crippen LogP) is 6.89. The van der Waals surface area contributed by atoms with Crippen LogP contribution >= 0.6 is 0 Å². The van der Waals surface area contributed by atoms with Crippen molar-refractivity contribution < 1.29 is 41.5 Å². The number of fused-ring (bicyclic) bond motifs is 2. The Hall–Kier alpha value is -4.39. The molecule has 230 valence electrons. The first-order valence-electron chi connectivity index (χ1n) is 14.6. The first-order chi connectivity index (χ1) is 21.1. The molecule has 1 N–H and O–H groups in total. The smallest absolute Gasteiger partial charge is 0.478 e. The number of hydrogen-bond acceptors (Lipinski definition) is 9. The molecule has 4 heterocycles. The number of piperidine rings is 1. The van der Waals surface area contributed by atoms with Gasteiger partial charge in [0.1, 0.15) is 17.2 Å². The van der Waals surface area contributed by atoms with Gasteiger partial charge < -0.3 is 28.4 Å². The van der Waals surface area contributed by atoms with Crippen molar-refractivity contribution in [2.75, 3.05) is 4.90 Å². The average molecular weight is 611 g/mol. The van der Waals surface area contributed by atoms with Gasteiger partial charge in [0, 0.05) is 34.7 Å². The Bertz CT molecular complexity index is 1680. The van der Waals surface area contributed by atoms with Crippen LogP contribution in [0.25, 0.3) is 22.7 Å². The Labute approximate surface area is 249 Å². The summed E-state index contributed by atoms with van der Waals surface area (Å²) in [4.78, 5) is 13.5. The zero-order valence-corrected chi connectivity index (χ0v) is 23.7. The molecule has 2 aromatic heterocycles. The summed E-state index contributed by atoms with van der Waals surface area (Å²) in [6.45, 7) is 1.88. The van der Waals surface area contributed by atoms with Gasteiger partial charge in [0.2, 0.25) is 5.89 Å². The van der Waals surface area contributed by atoms with Gasteiger partial charge in [-0.25, -0.2) is 4.79 Å². The zero-order valence-electron chi connectivity index (χ0n) is 23.7. The molecule has 2 aromatic carbocycles. The minimum Gasteiger partial charge on any atom is -0.478 e. The van der Waals surface area contributed by atoms with E-state index in [2.05, 4.69) is 25.0 Å². The minimum absolute atomic E-state index is 0.0890. The highest BCUT2D eigenvalue weighted by Crippen LogP contribution is 2.46. The molecule has 3 atom stereocenters. The Morgan fingerprint density at radius 3 is 2.50 bits per heavy atom. The third-order valence-corrected chi connectivity index (χ3v) is 8.63. The van der Waals surface area contributed by atoms with Crippen LogP contribution in [0, 0.1) is 6.92 Å². The van der Waals surface area contributed by atoms with Crippen molar-refractivity contribution in [2.24, 2.45) is 0 Å². The quantitative estimate of drug-likeness (QED) is 0.214. The van der Waals surface area contributed by atoms with E-state index in [4.69, 9.17) is 13.7 Å². The van der Waals surface area contributed by atoms with Crippen LogP contribution in [-0.2, 0) is 11.3 Å². The summed E-state index contributed by atoms with van der Waals surface area (Å²) < 4.78 is 61.8. The normalized spacial score (nSPS) is 21.5. The second-order valence-electron chi connectivity index (χ2n) is 11.6. The molecule has 1 aliphatic carbocycles. The van der Waals surface area contributed by atoms with Gasteiger partial charge >= 0.3 is 18.3 Å². The summed E-state index contributed by atoms with van der Waals surface area (Å²) in [7, 11) is 0. The standard InChI is InChI=1S/C31H29F3N4O6/c1-16-12-18(8-11-22(16)29(39)40)28-35-36-30(42-28)38-19-9-10-20(38)14-21(13-19)41-15-24-26(37-44-27(24)17-6-7-17)23-4-2-3-5-25(23)43-31(32,33)34/h2-5,8,11-12,17,19-21H,6-7,9-10,13-15H2,1H3,(H,39,40)/t19-,20+,21+. The summed E-state index contributed by atoms with van der Waals surface area (Å²) in [5, 5.41) is 22.0. The molecule has 2 bridgehead atoms. The fourth-order valence-electron chi connectivity index (χ4n) is 6.47. The number of nitrogens with zero attached hydrogens (tertiary/aromatic N) is 4. The molecule has 0 unspecified atom stereocenters. The van der Waals surface area contributed by atoms with Gasteiger partial charge in [-0.1, -0.05) is 22.4 Å². The van der Waals surface area contributed by atoms with Crippen molar-refractivity contribution in [1.82, 2.24) is 15.4 Å². The highest BCUT2D eigenvalue weighted by molar-refractivity contribution is 5.90. The van der Waals surface area contributed by atoms with Crippen LogP contribution in [0.2, 0.25) is 0 Å². The maximum absolute atomic E-state index is 13.1. The third-order valence-electron chi connectivity index (χ3n) is 8.63. The second-order valence-corrected chi connectivity index (χ2v) is 11.6. The molecule has 10 nitrogen and oxygen atoms in total. The lowest BCUT2D eigenvalue weighted by atomic mass is 9.99. The Kier molecular flexibility index (Phi) is 7.07. The van der Waals surface area contributed by atoms with Crippen LogP contribution in [-0.4, -0.2) is 51.0 Å². The van der Waals surface area contributed by atoms with Crippen LogP contribution in [0.5, 0.6) is 5.75 Å². The van der Waals surface area contributed by atoms with Gasteiger partial charge in [0.15, 0.2) is 0 Å². The molecular weight excluding hydrogens is 581 g/mol. The van der Waals surface area contributed by atoms with Gasteiger partial charge in [-0.15, -0.1) is 18.3 Å². The number of aromatic nitrogens is 3. The number of carboxylic acid groups (broad SMARTS) is 1. The lowest BCUT2D eigenvalue weighted by Gasteiger charge is -2.37. The fourth-order valence-corrected chi connectivity index (χ4v) is 6.47. The number of carbonyl (C=O) groups is 1. The molecule has 0 spiro atoms. The molecular formula is C31H29F3N4O6. The zero-order chi connectivity index (χ0) is 30.6. The Morgan fingerprint density at radius 1 is 1.07 bits per heavy atom. The lowest BCUT2D eigenvalue weighted by molar-refractivity contribution is -0.274. The van der Waals surface area contributed by atoms with Crippen molar-refractivity contribution in [2.45, 2.75) is 82.5 Å². The van der Waals surface area contributed by atoms with Crippen LogP contribution in [0.15, 0.2) is 51.4 Å². The molecule has 4 aromatic rings. The van der Waals surface area contributed by atoms with Crippen LogP contribution < -0.4 is 9.64 Å². The number of rotatable bonds is 9. The topological polar surface area (TPSA) is 124 Å². The average Bonchev–Trinajstić information content (AvgIpc) is 3.44. The lowest BCUT2D eigenvalue weighted by Crippen LogP contribution is -2.45. The SMILES string of the molecule is Cc1cc(-c2nnc(N3[C@@H]4CC[C@H]3C[C@@H](OCc3c(-c5ccccc5OC(F)(F)F)noc3C3CC3)C4)o2)ccc1C(=O)O. The summed E-state index contributed by atoms with van der Waals surface area (Å²) in [6.07, 6.45) is 0.230. The van der Waals surface area contributed by atoms with E-state index < -0.39 is 12.3 Å². The minimum atomic E-state index is -4.84. The largest absolute Gasteiger partial charge is 0.573 e. The van der Waals surface area contributed by atoms with Crippen molar-refractivity contribution in [3.8, 4) is 28.5 Å². The van der Waals surface area contributed by atoms with E-state index in [0.29, 0.717) is 52.9 Å². The molecule has 0 amide bonds. The predicted molar refractivity (Wildman–Crippen MR) is 149 cm³/mol. The number of alkyl halides is 3. The molecule has 0 radical (unpaired) electrons. The molecule has 13 heteroatoms. The molecule has 1 saturated carbocycles. The monoisotopic (exact) mass is 610 g/mol.